The molecule has 3 aliphatic rings. The lowest BCUT2D eigenvalue weighted by molar-refractivity contribution is 0.0741. The molecule has 0 saturated heterocycles. The van der Waals surface area contributed by atoms with E-state index in [1.54, 1.807) is 6.92 Å². The zero-order valence-corrected chi connectivity index (χ0v) is 16.1. The van der Waals surface area contributed by atoms with Crippen LogP contribution in [0.5, 0.6) is 5.75 Å². The molecule has 0 atom stereocenters. The van der Waals surface area contributed by atoms with Crippen molar-refractivity contribution in [3.8, 4) is 5.75 Å². The molecule has 0 unspecified atom stereocenters. The second kappa shape index (κ2) is 7.47. The number of fused-ring (bicyclic) bond motifs is 1. The van der Waals surface area contributed by atoms with E-state index in [1.807, 2.05) is 19.1 Å². The van der Waals surface area contributed by atoms with E-state index < -0.39 is 0 Å². The fourth-order valence-electron chi connectivity index (χ4n) is 4.26. The standard InChI is InChI=1S/C22H27FN2O2/c1-14-7-8-16(11-24-14)9-17-10-19-20(26)12-25(18-5-3-4-6-18)13-27-22(19)21(23)15(17)2/h7-8,10,18,24H,3-6,9,11-13H2,1-2H3. The maximum absolute atomic E-state index is 15.1. The van der Waals surface area contributed by atoms with Gasteiger partial charge in [0, 0.05) is 18.3 Å². The Kier molecular flexibility index (Phi) is 5.04. The highest BCUT2D eigenvalue weighted by molar-refractivity contribution is 6.00. The molecule has 0 bridgehead atoms. The third-order valence-electron chi connectivity index (χ3n) is 6.02. The monoisotopic (exact) mass is 370 g/mol. The summed E-state index contributed by atoms with van der Waals surface area (Å²) in [6, 6.07) is 2.22. The van der Waals surface area contributed by atoms with E-state index in [1.165, 1.54) is 18.4 Å². The van der Waals surface area contributed by atoms with Crippen LogP contribution < -0.4 is 10.1 Å². The number of hydrogen-bond acceptors (Lipinski definition) is 4. The van der Waals surface area contributed by atoms with E-state index in [4.69, 9.17) is 4.74 Å². The van der Waals surface area contributed by atoms with Crippen LogP contribution in [-0.4, -0.2) is 36.5 Å². The molecule has 4 nitrogen and oxygen atoms in total. The Bertz CT molecular complexity index is 822. The fourth-order valence-corrected chi connectivity index (χ4v) is 4.26. The third-order valence-corrected chi connectivity index (χ3v) is 6.02. The number of ether oxygens (including phenoxy) is 1. The number of carbonyl (C=O) groups is 1. The summed E-state index contributed by atoms with van der Waals surface area (Å²) < 4.78 is 20.9. The van der Waals surface area contributed by atoms with Crippen molar-refractivity contribution in [2.75, 3.05) is 19.8 Å². The van der Waals surface area contributed by atoms with Gasteiger partial charge >= 0.3 is 0 Å². The minimum absolute atomic E-state index is 0.0407. The average Bonchev–Trinajstić information content (AvgIpc) is 3.14. The van der Waals surface area contributed by atoms with Crippen LogP contribution in [0.4, 0.5) is 4.39 Å². The zero-order chi connectivity index (χ0) is 19.0. The molecule has 0 radical (unpaired) electrons. The van der Waals surface area contributed by atoms with Crippen molar-refractivity contribution in [1.82, 2.24) is 10.2 Å². The van der Waals surface area contributed by atoms with E-state index in [0.29, 0.717) is 30.1 Å². The highest BCUT2D eigenvalue weighted by Gasteiger charge is 2.31. The van der Waals surface area contributed by atoms with E-state index in [9.17, 15) is 4.79 Å². The number of allylic oxidation sites excluding steroid dienone is 3. The fraction of sp³-hybridized carbons (Fsp3) is 0.500. The second-order valence-corrected chi connectivity index (χ2v) is 7.94. The van der Waals surface area contributed by atoms with Crippen molar-refractivity contribution >= 4 is 5.78 Å². The highest BCUT2D eigenvalue weighted by atomic mass is 19.1. The summed E-state index contributed by atoms with van der Waals surface area (Å²) in [6.45, 7) is 5.15. The van der Waals surface area contributed by atoms with Crippen LogP contribution in [-0.2, 0) is 6.42 Å². The summed E-state index contributed by atoms with van der Waals surface area (Å²) in [5.41, 5.74) is 4.13. The van der Waals surface area contributed by atoms with Gasteiger partial charge in [-0.2, -0.15) is 0 Å². The third kappa shape index (κ3) is 3.65. The summed E-state index contributed by atoms with van der Waals surface area (Å²) in [4.78, 5) is 15.0. The molecule has 1 aliphatic carbocycles. The molecule has 1 saturated carbocycles. The van der Waals surface area contributed by atoms with Gasteiger partial charge in [-0.3, -0.25) is 9.69 Å². The molecular weight excluding hydrogens is 343 g/mol. The Balaban J connectivity index is 1.62. The Hall–Kier alpha value is -2.14. The van der Waals surface area contributed by atoms with Gasteiger partial charge in [-0.1, -0.05) is 18.9 Å². The van der Waals surface area contributed by atoms with Crippen LogP contribution in [0.25, 0.3) is 0 Å². The number of nitrogens with one attached hydrogen (secondary N) is 1. The van der Waals surface area contributed by atoms with Crippen LogP contribution in [0.3, 0.4) is 0 Å². The minimum atomic E-state index is -0.389. The maximum Gasteiger partial charge on any atom is 0.180 e. The minimum Gasteiger partial charge on any atom is -0.474 e. The molecule has 5 heteroatoms. The molecular formula is C22H27FN2O2. The zero-order valence-electron chi connectivity index (χ0n) is 16.1. The van der Waals surface area contributed by atoms with Gasteiger partial charge in [0.05, 0.1) is 12.1 Å². The van der Waals surface area contributed by atoms with Gasteiger partial charge in [0.25, 0.3) is 0 Å². The van der Waals surface area contributed by atoms with Gasteiger partial charge in [-0.05, 0) is 62.0 Å². The average molecular weight is 370 g/mol. The summed E-state index contributed by atoms with van der Waals surface area (Å²) in [6.07, 6.45) is 9.30. The summed E-state index contributed by atoms with van der Waals surface area (Å²) in [5.74, 6) is -0.297. The van der Waals surface area contributed by atoms with E-state index in [2.05, 4.69) is 16.3 Å². The van der Waals surface area contributed by atoms with Gasteiger partial charge in [-0.25, -0.2) is 4.39 Å². The Morgan fingerprint density at radius 3 is 2.74 bits per heavy atom. The van der Waals surface area contributed by atoms with E-state index >= 15 is 4.39 Å². The lowest BCUT2D eigenvalue weighted by Crippen LogP contribution is -2.38. The molecule has 0 amide bonds. The van der Waals surface area contributed by atoms with Crippen LogP contribution in [0.2, 0.25) is 0 Å². The number of hydrogen-bond donors (Lipinski definition) is 1. The number of nitrogens with zero attached hydrogens (tertiary/aromatic N) is 1. The second-order valence-electron chi connectivity index (χ2n) is 7.94. The van der Waals surface area contributed by atoms with Crippen LogP contribution in [0.1, 0.15) is 54.1 Å². The first-order valence-electron chi connectivity index (χ1n) is 9.85. The Labute approximate surface area is 160 Å². The molecule has 144 valence electrons. The predicted octanol–water partition coefficient (Wildman–Crippen LogP) is 3.89. The highest BCUT2D eigenvalue weighted by Crippen LogP contribution is 2.33. The maximum atomic E-state index is 15.1. The number of Topliss-reactive ketones (excluding diaryl/α,β-unsaturated/α-hetero) is 1. The van der Waals surface area contributed by atoms with Crippen LogP contribution >= 0.6 is 0 Å². The SMILES string of the molecule is CC1=CC=C(Cc2cc3c(c(F)c2C)OCN(C2CCCC2)CC3=O)CN1. The number of carbonyl (C=O) groups excluding carboxylic acids is 1. The van der Waals surface area contributed by atoms with E-state index in [0.717, 1.165) is 30.6 Å². The summed E-state index contributed by atoms with van der Waals surface area (Å²) in [7, 11) is 0. The lowest BCUT2D eigenvalue weighted by atomic mass is 9.94. The van der Waals surface area contributed by atoms with Gasteiger partial charge in [-0.15, -0.1) is 0 Å². The van der Waals surface area contributed by atoms with Crippen molar-refractivity contribution in [2.45, 2.75) is 52.0 Å². The smallest absolute Gasteiger partial charge is 0.180 e. The van der Waals surface area contributed by atoms with Crippen molar-refractivity contribution in [2.24, 2.45) is 0 Å². The predicted molar refractivity (Wildman–Crippen MR) is 103 cm³/mol. The molecule has 0 spiro atoms. The Morgan fingerprint density at radius 1 is 1.26 bits per heavy atom. The van der Waals surface area contributed by atoms with E-state index in [-0.39, 0.29) is 24.1 Å². The van der Waals surface area contributed by atoms with Gasteiger partial charge < -0.3 is 10.1 Å². The lowest BCUT2D eigenvalue weighted by Gasteiger charge is -2.25. The van der Waals surface area contributed by atoms with Crippen molar-refractivity contribution in [1.29, 1.82) is 0 Å². The van der Waals surface area contributed by atoms with Crippen molar-refractivity contribution < 1.29 is 13.9 Å². The number of dihydropyridines is 1. The molecule has 1 aromatic carbocycles. The first-order valence-corrected chi connectivity index (χ1v) is 9.85. The van der Waals surface area contributed by atoms with Gasteiger partial charge in [0.1, 0.15) is 6.73 Å². The molecule has 1 fully saturated rings. The number of halogens is 1. The summed E-state index contributed by atoms with van der Waals surface area (Å²) in [5, 5.41) is 3.31. The quantitative estimate of drug-likeness (QED) is 0.877. The Morgan fingerprint density at radius 2 is 2.04 bits per heavy atom. The van der Waals surface area contributed by atoms with Gasteiger partial charge in [0.15, 0.2) is 17.3 Å². The number of ketones is 1. The summed E-state index contributed by atoms with van der Waals surface area (Å²) >= 11 is 0. The normalized spacial score (nSPS) is 21.1. The van der Waals surface area contributed by atoms with Gasteiger partial charge in [0.2, 0.25) is 0 Å². The van der Waals surface area contributed by atoms with Crippen molar-refractivity contribution in [3.05, 3.63) is 52.0 Å². The first kappa shape index (κ1) is 18.2. The molecule has 2 heterocycles. The molecule has 2 aliphatic heterocycles. The number of rotatable bonds is 3. The van der Waals surface area contributed by atoms with Crippen LogP contribution in [0, 0.1) is 12.7 Å². The van der Waals surface area contributed by atoms with Crippen molar-refractivity contribution in [3.63, 3.8) is 0 Å². The topological polar surface area (TPSA) is 41.6 Å². The molecule has 4 rings (SSSR count). The molecule has 27 heavy (non-hydrogen) atoms. The van der Waals surface area contributed by atoms with Crippen LogP contribution in [0.15, 0.2) is 29.5 Å². The molecule has 1 N–H and O–H groups in total. The largest absolute Gasteiger partial charge is 0.474 e. The first-order chi connectivity index (χ1) is 13.0. The molecule has 1 aromatic rings. The number of benzene rings is 1. The molecule has 0 aromatic heterocycles.